The van der Waals surface area contributed by atoms with E-state index in [0.29, 0.717) is 0 Å². The highest BCUT2D eigenvalue weighted by atomic mass is 16.2. The molecule has 1 N–H and O–H groups in total. The van der Waals surface area contributed by atoms with E-state index in [-0.39, 0.29) is 24.2 Å². The van der Waals surface area contributed by atoms with Crippen molar-refractivity contribution in [3.8, 4) is 0 Å². The molecule has 6 nitrogen and oxygen atoms in total. The van der Waals surface area contributed by atoms with Gasteiger partial charge in [0.25, 0.3) is 0 Å². The lowest BCUT2D eigenvalue weighted by Crippen LogP contribution is -2.45. The zero-order chi connectivity index (χ0) is 18.8. The SMILES string of the molecule is CN1CCC(NC(=O)Cn2c(=O)n(C3=CCCCC3)c3ccccc32)CC1. The highest BCUT2D eigenvalue weighted by Gasteiger charge is 2.21. The summed E-state index contributed by atoms with van der Waals surface area (Å²) in [5.41, 5.74) is 2.68. The number of nitrogens with zero attached hydrogens (tertiary/aromatic N) is 3. The van der Waals surface area contributed by atoms with Gasteiger partial charge >= 0.3 is 5.69 Å². The second kappa shape index (κ2) is 7.72. The number of amides is 1. The van der Waals surface area contributed by atoms with Crippen molar-refractivity contribution in [2.45, 2.75) is 51.1 Å². The molecule has 1 aromatic carbocycles. The predicted octanol–water partition coefficient (Wildman–Crippen LogP) is 2.43. The Morgan fingerprint density at radius 1 is 1.15 bits per heavy atom. The summed E-state index contributed by atoms with van der Waals surface area (Å²) in [7, 11) is 2.10. The lowest BCUT2D eigenvalue weighted by atomic mass is 10.0. The summed E-state index contributed by atoms with van der Waals surface area (Å²) < 4.78 is 3.42. The van der Waals surface area contributed by atoms with Gasteiger partial charge in [0.05, 0.1) is 11.0 Å². The van der Waals surface area contributed by atoms with E-state index in [9.17, 15) is 9.59 Å². The van der Waals surface area contributed by atoms with Crippen molar-refractivity contribution in [3.63, 3.8) is 0 Å². The van der Waals surface area contributed by atoms with E-state index in [0.717, 1.165) is 61.9 Å². The minimum atomic E-state index is -0.108. The van der Waals surface area contributed by atoms with Gasteiger partial charge in [0.2, 0.25) is 5.91 Å². The van der Waals surface area contributed by atoms with Gasteiger partial charge in [-0.1, -0.05) is 18.2 Å². The molecular weight excluding hydrogens is 340 g/mol. The topological polar surface area (TPSA) is 59.3 Å². The van der Waals surface area contributed by atoms with Gasteiger partial charge in [-0.3, -0.25) is 13.9 Å². The van der Waals surface area contributed by atoms with Crippen LogP contribution in [0.15, 0.2) is 35.1 Å². The zero-order valence-corrected chi connectivity index (χ0v) is 16.0. The quantitative estimate of drug-likeness (QED) is 0.902. The highest BCUT2D eigenvalue weighted by Crippen LogP contribution is 2.24. The predicted molar refractivity (Wildman–Crippen MR) is 108 cm³/mol. The van der Waals surface area contributed by atoms with Crippen LogP contribution in [0.4, 0.5) is 0 Å². The molecule has 1 aliphatic carbocycles. The Labute approximate surface area is 159 Å². The number of carbonyl (C=O) groups is 1. The normalized spacial score (nSPS) is 19.2. The Kier molecular flexibility index (Phi) is 5.16. The maximum atomic E-state index is 13.2. The highest BCUT2D eigenvalue weighted by molar-refractivity contribution is 5.83. The molecule has 0 unspecified atom stereocenters. The molecule has 4 rings (SSSR count). The van der Waals surface area contributed by atoms with Crippen LogP contribution >= 0.6 is 0 Å². The van der Waals surface area contributed by atoms with Crippen LogP contribution in [0.5, 0.6) is 0 Å². The second-order valence-electron chi connectivity index (χ2n) is 7.78. The molecule has 27 heavy (non-hydrogen) atoms. The molecule has 2 heterocycles. The van der Waals surface area contributed by atoms with Gasteiger partial charge in [-0.15, -0.1) is 0 Å². The molecule has 0 spiro atoms. The fourth-order valence-electron chi connectivity index (χ4n) is 4.23. The van der Waals surface area contributed by atoms with Crippen LogP contribution in [0.2, 0.25) is 0 Å². The Morgan fingerprint density at radius 3 is 2.59 bits per heavy atom. The minimum Gasteiger partial charge on any atom is -0.352 e. The number of nitrogens with one attached hydrogen (secondary N) is 1. The number of aromatic nitrogens is 2. The first-order chi connectivity index (χ1) is 13.1. The molecule has 1 aromatic heterocycles. The van der Waals surface area contributed by atoms with Crippen LogP contribution in [0.25, 0.3) is 16.7 Å². The summed E-state index contributed by atoms with van der Waals surface area (Å²) in [6.45, 7) is 2.07. The first-order valence-corrected chi connectivity index (χ1v) is 10.0. The van der Waals surface area contributed by atoms with Gasteiger partial charge in [-0.2, -0.15) is 0 Å². The van der Waals surface area contributed by atoms with Crippen LogP contribution in [0.1, 0.15) is 38.5 Å². The number of imidazole rings is 1. The average Bonchev–Trinajstić information content (AvgIpc) is 2.96. The second-order valence-corrected chi connectivity index (χ2v) is 7.78. The monoisotopic (exact) mass is 368 g/mol. The fourth-order valence-corrected chi connectivity index (χ4v) is 4.23. The van der Waals surface area contributed by atoms with Crippen LogP contribution in [0.3, 0.4) is 0 Å². The maximum absolute atomic E-state index is 13.2. The number of allylic oxidation sites excluding steroid dienone is 2. The number of likely N-dealkylation sites (tertiary alicyclic amines) is 1. The molecule has 1 aliphatic heterocycles. The van der Waals surface area contributed by atoms with Crippen LogP contribution < -0.4 is 11.0 Å². The van der Waals surface area contributed by atoms with Gasteiger partial charge in [-0.05, 0) is 70.8 Å². The minimum absolute atomic E-state index is 0.0754. The number of para-hydroxylation sites is 2. The Hall–Kier alpha value is -2.34. The van der Waals surface area contributed by atoms with E-state index in [1.807, 2.05) is 24.3 Å². The molecule has 2 aromatic rings. The standard InChI is InChI=1S/C21H28N4O2/c1-23-13-11-16(12-14-23)22-20(26)15-24-18-9-5-6-10-19(18)25(21(24)27)17-7-3-2-4-8-17/h5-7,9-10,16H,2-4,8,11-15H2,1H3,(H,22,26). The van der Waals surface area contributed by atoms with Gasteiger partial charge in [0, 0.05) is 11.7 Å². The zero-order valence-electron chi connectivity index (χ0n) is 16.0. The number of carbonyl (C=O) groups excluding carboxylic acids is 1. The van der Waals surface area contributed by atoms with E-state index in [2.05, 4.69) is 23.3 Å². The van der Waals surface area contributed by atoms with E-state index in [1.165, 1.54) is 6.42 Å². The van der Waals surface area contributed by atoms with Crippen LogP contribution in [0, 0.1) is 0 Å². The summed E-state index contributed by atoms with van der Waals surface area (Å²) in [4.78, 5) is 28.1. The number of fused-ring (bicyclic) bond motifs is 1. The molecular formula is C21H28N4O2. The van der Waals surface area contributed by atoms with Crippen molar-refractivity contribution in [2.24, 2.45) is 0 Å². The van der Waals surface area contributed by atoms with Gasteiger partial charge in [0.1, 0.15) is 6.54 Å². The van der Waals surface area contributed by atoms with Crippen molar-refractivity contribution in [3.05, 3.63) is 40.8 Å². The van der Waals surface area contributed by atoms with E-state index in [4.69, 9.17) is 0 Å². The number of hydrogen-bond acceptors (Lipinski definition) is 3. The third-order valence-electron chi connectivity index (χ3n) is 5.78. The summed E-state index contributed by atoms with van der Waals surface area (Å²) in [5.74, 6) is -0.0767. The maximum Gasteiger partial charge on any atom is 0.333 e. The Bertz CT molecular complexity index is 916. The van der Waals surface area contributed by atoms with Crippen molar-refractivity contribution in [2.75, 3.05) is 20.1 Å². The van der Waals surface area contributed by atoms with E-state index < -0.39 is 0 Å². The summed E-state index contributed by atoms with van der Waals surface area (Å²) in [6.07, 6.45) is 8.30. The molecule has 6 heteroatoms. The van der Waals surface area contributed by atoms with Gasteiger partial charge in [-0.25, -0.2) is 4.79 Å². The van der Waals surface area contributed by atoms with Gasteiger partial charge < -0.3 is 10.2 Å². The molecule has 0 bridgehead atoms. The van der Waals surface area contributed by atoms with Gasteiger partial charge in [0.15, 0.2) is 0 Å². The smallest absolute Gasteiger partial charge is 0.333 e. The third kappa shape index (κ3) is 3.72. The number of rotatable bonds is 4. The first kappa shape index (κ1) is 18.0. The van der Waals surface area contributed by atoms with E-state index in [1.54, 1.807) is 9.13 Å². The first-order valence-electron chi connectivity index (χ1n) is 10.0. The molecule has 0 saturated carbocycles. The lowest BCUT2D eigenvalue weighted by molar-refractivity contribution is -0.122. The number of hydrogen-bond donors (Lipinski definition) is 1. The number of piperidine rings is 1. The van der Waals surface area contributed by atoms with E-state index >= 15 is 0 Å². The summed E-state index contributed by atoms with van der Waals surface area (Å²) in [5, 5.41) is 3.12. The van der Waals surface area contributed by atoms with Crippen LogP contribution in [-0.2, 0) is 11.3 Å². The molecule has 0 radical (unpaired) electrons. The Morgan fingerprint density at radius 2 is 1.89 bits per heavy atom. The third-order valence-corrected chi connectivity index (χ3v) is 5.78. The molecule has 1 saturated heterocycles. The van der Waals surface area contributed by atoms with Crippen molar-refractivity contribution in [1.82, 2.24) is 19.4 Å². The molecule has 1 amide bonds. The summed E-state index contributed by atoms with van der Waals surface area (Å²) >= 11 is 0. The van der Waals surface area contributed by atoms with Crippen LogP contribution in [-0.4, -0.2) is 46.1 Å². The lowest BCUT2D eigenvalue weighted by Gasteiger charge is -2.29. The summed E-state index contributed by atoms with van der Waals surface area (Å²) in [6, 6.07) is 7.98. The average molecular weight is 368 g/mol. The molecule has 0 atom stereocenters. The molecule has 1 fully saturated rings. The number of benzene rings is 1. The fraction of sp³-hybridized carbons (Fsp3) is 0.524. The van der Waals surface area contributed by atoms with Crippen molar-refractivity contribution < 1.29 is 4.79 Å². The molecule has 144 valence electrons. The van der Waals surface area contributed by atoms with Crippen molar-refractivity contribution >= 4 is 22.6 Å². The van der Waals surface area contributed by atoms with Crippen molar-refractivity contribution in [1.29, 1.82) is 0 Å². The largest absolute Gasteiger partial charge is 0.352 e. The Balaban J connectivity index is 1.60. The molecule has 2 aliphatic rings.